The molecule has 1 aliphatic rings. The summed E-state index contributed by atoms with van der Waals surface area (Å²) in [7, 11) is 1.67. The number of aliphatic carboxylic acids is 1. The Morgan fingerprint density at radius 2 is 1.35 bits per heavy atom. The van der Waals surface area contributed by atoms with Crippen molar-refractivity contribution >= 4 is 11.9 Å². The summed E-state index contributed by atoms with van der Waals surface area (Å²) < 4.78 is 11.7. The lowest BCUT2D eigenvalue weighted by Crippen LogP contribution is -2.38. The number of hydrogen-bond acceptors (Lipinski definition) is 4. The van der Waals surface area contributed by atoms with Gasteiger partial charge in [-0.3, -0.25) is 9.69 Å². The number of nitrogens with zero attached hydrogens (tertiary/aromatic N) is 1. The Kier molecular flexibility index (Phi) is 17.3. The zero-order valence-electron chi connectivity index (χ0n) is 28.1. The molecule has 0 saturated heterocycles. The van der Waals surface area contributed by atoms with Crippen molar-refractivity contribution in [3.05, 3.63) is 51.9 Å². The summed E-state index contributed by atoms with van der Waals surface area (Å²) >= 11 is 0. The maximum absolute atomic E-state index is 12.8. The van der Waals surface area contributed by atoms with E-state index in [0.29, 0.717) is 37.4 Å². The van der Waals surface area contributed by atoms with Crippen molar-refractivity contribution in [3.8, 4) is 5.75 Å². The highest BCUT2D eigenvalue weighted by molar-refractivity contribution is 6.32. The molecule has 0 saturated carbocycles. The van der Waals surface area contributed by atoms with Gasteiger partial charge in [-0.05, 0) is 69.2 Å². The highest BCUT2D eigenvalue weighted by Gasteiger charge is 2.38. The van der Waals surface area contributed by atoms with Gasteiger partial charge in [-0.2, -0.15) is 0 Å². The molecule has 1 unspecified atom stereocenters. The SMILES string of the molecule is CCCCCCCCCCCCCCCc1cccc(OCC)c1C1C(CC)=C(C)N(C(=O)C(=O)O)C(C)=C1CCOC. The molecule has 1 aromatic carbocycles. The molecule has 1 aliphatic heterocycles. The predicted octanol–water partition coefficient (Wildman–Crippen LogP) is 9.72. The zero-order chi connectivity index (χ0) is 31.6. The number of benzene rings is 1. The summed E-state index contributed by atoms with van der Waals surface area (Å²) in [4.78, 5) is 26.0. The van der Waals surface area contributed by atoms with Crippen LogP contribution in [0, 0.1) is 0 Å². The Morgan fingerprint density at radius 1 is 0.791 bits per heavy atom. The molecule has 2 rings (SSSR count). The molecule has 6 heteroatoms. The second kappa shape index (κ2) is 20.4. The van der Waals surface area contributed by atoms with Crippen molar-refractivity contribution in [1.82, 2.24) is 4.90 Å². The number of amides is 1. The van der Waals surface area contributed by atoms with Gasteiger partial charge in [0.1, 0.15) is 5.75 Å². The summed E-state index contributed by atoms with van der Waals surface area (Å²) in [5.74, 6) is -1.58. The Balaban J connectivity index is 2.20. The monoisotopic (exact) mass is 597 g/mol. The largest absolute Gasteiger partial charge is 0.494 e. The molecule has 0 aliphatic carbocycles. The van der Waals surface area contributed by atoms with Gasteiger partial charge in [0, 0.05) is 30.0 Å². The minimum absolute atomic E-state index is 0.0854. The molecular formula is C37H59NO5. The van der Waals surface area contributed by atoms with Gasteiger partial charge in [0.05, 0.1) is 13.2 Å². The molecule has 1 aromatic rings. The molecule has 1 heterocycles. The van der Waals surface area contributed by atoms with Gasteiger partial charge >= 0.3 is 11.9 Å². The fourth-order valence-electron chi connectivity index (χ4n) is 6.66. The Hall–Kier alpha value is -2.60. The number of aryl methyl sites for hydroxylation is 1. The number of methoxy groups -OCH3 is 1. The number of ether oxygens (including phenoxy) is 2. The summed E-state index contributed by atoms with van der Waals surface area (Å²) in [5.41, 5.74) is 5.91. The topological polar surface area (TPSA) is 76.1 Å². The molecule has 0 spiro atoms. The smallest absolute Gasteiger partial charge is 0.395 e. The maximum atomic E-state index is 12.8. The third-order valence-corrected chi connectivity index (χ3v) is 8.93. The summed E-state index contributed by atoms with van der Waals surface area (Å²) in [6.07, 6.45) is 19.5. The van der Waals surface area contributed by atoms with Crippen molar-refractivity contribution < 1.29 is 24.2 Å². The molecule has 6 nitrogen and oxygen atoms in total. The van der Waals surface area contributed by atoms with Crippen LogP contribution in [0.1, 0.15) is 148 Å². The molecule has 1 N–H and O–H groups in total. The van der Waals surface area contributed by atoms with E-state index in [1.807, 2.05) is 26.8 Å². The van der Waals surface area contributed by atoms with Crippen LogP contribution in [-0.4, -0.2) is 42.2 Å². The third-order valence-electron chi connectivity index (χ3n) is 8.93. The molecule has 0 radical (unpaired) electrons. The van der Waals surface area contributed by atoms with Gasteiger partial charge in [-0.1, -0.05) is 103 Å². The van der Waals surface area contributed by atoms with Gasteiger partial charge in [0.15, 0.2) is 0 Å². The number of carbonyl (C=O) groups excluding carboxylic acids is 1. The van der Waals surface area contributed by atoms with Crippen LogP contribution in [0.3, 0.4) is 0 Å². The van der Waals surface area contributed by atoms with Crippen molar-refractivity contribution in [2.75, 3.05) is 20.3 Å². The van der Waals surface area contributed by atoms with Crippen LogP contribution in [0.4, 0.5) is 0 Å². The van der Waals surface area contributed by atoms with Crippen LogP contribution in [0.15, 0.2) is 40.7 Å². The summed E-state index contributed by atoms with van der Waals surface area (Å²) in [5, 5.41) is 9.60. The number of rotatable bonds is 21. The van der Waals surface area contributed by atoms with Gasteiger partial charge < -0.3 is 14.6 Å². The normalized spacial score (nSPS) is 15.4. The van der Waals surface area contributed by atoms with Gasteiger partial charge in [-0.25, -0.2) is 4.79 Å². The first-order valence-corrected chi connectivity index (χ1v) is 17.0. The van der Waals surface area contributed by atoms with Gasteiger partial charge in [0.25, 0.3) is 0 Å². The number of carbonyl (C=O) groups is 2. The average molecular weight is 598 g/mol. The van der Waals surface area contributed by atoms with Crippen LogP contribution in [0.2, 0.25) is 0 Å². The molecule has 1 amide bonds. The van der Waals surface area contributed by atoms with E-state index in [4.69, 9.17) is 9.47 Å². The molecule has 43 heavy (non-hydrogen) atoms. The lowest BCUT2D eigenvalue weighted by atomic mass is 9.75. The second-order valence-corrected chi connectivity index (χ2v) is 12.0. The average Bonchev–Trinajstić information content (AvgIpc) is 2.99. The molecule has 0 bridgehead atoms. The van der Waals surface area contributed by atoms with E-state index >= 15 is 0 Å². The first-order chi connectivity index (χ1) is 20.8. The Labute approximate surface area is 261 Å². The van der Waals surface area contributed by atoms with E-state index in [2.05, 4.69) is 26.0 Å². The highest BCUT2D eigenvalue weighted by Crippen LogP contribution is 2.48. The molecular weight excluding hydrogens is 538 g/mol. The third kappa shape index (κ3) is 10.8. The number of hydrogen-bond donors (Lipinski definition) is 1. The lowest BCUT2D eigenvalue weighted by molar-refractivity contribution is -0.154. The van der Waals surface area contributed by atoms with E-state index in [9.17, 15) is 14.7 Å². The number of allylic oxidation sites excluding steroid dienone is 3. The minimum atomic E-state index is -1.45. The van der Waals surface area contributed by atoms with E-state index in [1.165, 1.54) is 87.5 Å². The molecule has 242 valence electrons. The fourth-order valence-corrected chi connectivity index (χ4v) is 6.66. The summed E-state index contributed by atoms with van der Waals surface area (Å²) in [6, 6.07) is 6.36. The lowest BCUT2D eigenvalue weighted by Gasteiger charge is -2.39. The van der Waals surface area contributed by atoms with E-state index in [-0.39, 0.29) is 5.92 Å². The molecule has 1 atom stereocenters. The van der Waals surface area contributed by atoms with E-state index < -0.39 is 11.9 Å². The van der Waals surface area contributed by atoms with E-state index in [0.717, 1.165) is 35.3 Å². The fraction of sp³-hybridized carbons (Fsp3) is 0.676. The highest BCUT2D eigenvalue weighted by atomic mass is 16.5. The molecule has 0 fully saturated rings. The zero-order valence-corrected chi connectivity index (χ0v) is 28.1. The maximum Gasteiger partial charge on any atom is 0.395 e. The number of carboxylic acids is 1. The van der Waals surface area contributed by atoms with Crippen molar-refractivity contribution in [1.29, 1.82) is 0 Å². The molecule has 0 aromatic heterocycles. The first-order valence-electron chi connectivity index (χ1n) is 17.0. The summed E-state index contributed by atoms with van der Waals surface area (Å²) in [6.45, 7) is 11.1. The van der Waals surface area contributed by atoms with Gasteiger partial charge in [0.2, 0.25) is 0 Å². The van der Waals surface area contributed by atoms with Crippen molar-refractivity contribution in [3.63, 3.8) is 0 Å². The van der Waals surface area contributed by atoms with Crippen molar-refractivity contribution in [2.24, 2.45) is 0 Å². The van der Waals surface area contributed by atoms with Gasteiger partial charge in [-0.15, -0.1) is 0 Å². The predicted molar refractivity (Wildman–Crippen MR) is 176 cm³/mol. The van der Waals surface area contributed by atoms with E-state index in [1.54, 1.807) is 7.11 Å². The number of carboxylic acid groups (broad SMARTS) is 1. The first kappa shape index (κ1) is 36.6. The standard InChI is InChI=1S/C37H59NO5/c1-7-10-11-12-13-14-15-16-17-18-19-20-21-23-30-24-22-25-33(43-9-3)34(30)35-31(8-2)28(4)38(36(39)37(40)41)29(5)32(35)26-27-42-6/h22,24-25,35H,7-21,23,26-27H2,1-6H3,(H,40,41). The number of unbranched alkanes of at least 4 members (excludes halogenated alkanes) is 12. The van der Waals surface area contributed by atoms with Crippen LogP contribution in [-0.2, 0) is 20.7 Å². The Bertz CT molecular complexity index is 1070. The van der Waals surface area contributed by atoms with Crippen LogP contribution < -0.4 is 4.74 Å². The van der Waals surface area contributed by atoms with Crippen LogP contribution >= 0.6 is 0 Å². The van der Waals surface area contributed by atoms with Crippen molar-refractivity contribution in [2.45, 2.75) is 143 Å². The Morgan fingerprint density at radius 3 is 1.86 bits per heavy atom. The quantitative estimate of drug-likeness (QED) is 0.113. The minimum Gasteiger partial charge on any atom is -0.494 e. The van der Waals surface area contributed by atoms with Crippen LogP contribution in [0.5, 0.6) is 5.75 Å². The second-order valence-electron chi connectivity index (χ2n) is 12.0. The van der Waals surface area contributed by atoms with Crippen LogP contribution in [0.25, 0.3) is 0 Å².